The highest BCUT2D eigenvalue weighted by Crippen LogP contribution is 2.51. The molecule has 1 heterocycles. The van der Waals surface area contributed by atoms with Gasteiger partial charge in [-0.1, -0.05) is 6.92 Å². The van der Waals surface area contributed by atoms with E-state index < -0.39 is 0 Å². The first-order chi connectivity index (χ1) is 17.0. The Morgan fingerprint density at radius 3 is 2.17 bits per heavy atom. The fourth-order valence-corrected chi connectivity index (χ4v) is 6.12. The molecular weight excluding hydrogens is 510 g/mol. The lowest BCUT2D eigenvalue weighted by atomic mass is 9.71. The molecule has 7 heteroatoms. The van der Waals surface area contributed by atoms with Gasteiger partial charge in [0.05, 0.1) is 17.7 Å². The molecule has 4 rings (SSSR count). The number of benzene rings is 1. The fourth-order valence-electron chi connectivity index (χ4n) is 5.55. The van der Waals surface area contributed by atoms with Crippen molar-refractivity contribution in [2.45, 2.75) is 71.1 Å². The highest BCUT2D eigenvalue weighted by atomic mass is 79.9. The highest BCUT2D eigenvalue weighted by Gasteiger charge is 2.43. The Hall–Kier alpha value is -2.12. The predicted octanol–water partition coefficient (Wildman–Crippen LogP) is 6.09. The summed E-state index contributed by atoms with van der Waals surface area (Å²) in [7, 11) is 1.71. The number of ketones is 2. The summed E-state index contributed by atoms with van der Waals surface area (Å²) in [5.74, 6) is 1.25. The van der Waals surface area contributed by atoms with Gasteiger partial charge in [0, 0.05) is 61.6 Å². The molecule has 1 aromatic rings. The molecule has 2 aliphatic carbocycles. The lowest BCUT2D eigenvalue weighted by Gasteiger charge is -2.44. The van der Waals surface area contributed by atoms with Crippen molar-refractivity contribution < 1.29 is 23.8 Å². The second kappa shape index (κ2) is 11.7. The van der Waals surface area contributed by atoms with Crippen LogP contribution < -0.4 is 9.47 Å². The van der Waals surface area contributed by atoms with Crippen LogP contribution in [-0.2, 0) is 14.3 Å². The lowest BCUT2D eigenvalue weighted by Crippen LogP contribution is -2.39. The van der Waals surface area contributed by atoms with Gasteiger partial charge in [-0.15, -0.1) is 0 Å². The minimum Gasteiger partial charge on any atom is -0.490 e. The molecule has 0 spiro atoms. The van der Waals surface area contributed by atoms with Crippen molar-refractivity contribution in [3.8, 4) is 11.5 Å². The zero-order valence-corrected chi connectivity index (χ0v) is 22.7. The van der Waals surface area contributed by atoms with Crippen LogP contribution in [0.1, 0.15) is 76.7 Å². The molecule has 190 valence electrons. The van der Waals surface area contributed by atoms with Crippen LogP contribution in [0.2, 0.25) is 0 Å². The Balaban J connectivity index is 1.88. The number of carbonyl (C=O) groups is 2. The van der Waals surface area contributed by atoms with Gasteiger partial charge in [-0.3, -0.25) is 9.59 Å². The van der Waals surface area contributed by atoms with E-state index in [2.05, 4.69) is 27.8 Å². The van der Waals surface area contributed by atoms with E-state index in [0.29, 0.717) is 44.2 Å². The van der Waals surface area contributed by atoms with E-state index in [4.69, 9.17) is 14.2 Å². The van der Waals surface area contributed by atoms with Gasteiger partial charge in [0.2, 0.25) is 0 Å². The maximum absolute atomic E-state index is 13.5. The van der Waals surface area contributed by atoms with Crippen LogP contribution >= 0.6 is 15.9 Å². The molecule has 3 aliphatic rings. The summed E-state index contributed by atoms with van der Waals surface area (Å²) in [4.78, 5) is 29.2. The van der Waals surface area contributed by atoms with E-state index in [1.54, 1.807) is 7.11 Å². The molecule has 6 nitrogen and oxygen atoms in total. The van der Waals surface area contributed by atoms with Crippen molar-refractivity contribution in [1.29, 1.82) is 0 Å². The summed E-state index contributed by atoms with van der Waals surface area (Å²) in [5.41, 5.74) is 4.68. The maximum Gasteiger partial charge on any atom is 0.175 e. The lowest BCUT2D eigenvalue weighted by molar-refractivity contribution is -0.117. The minimum absolute atomic E-state index is 0.151. The number of hydrogen-bond acceptors (Lipinski definition) is 6. The first kappa shape index (κ1) is 26.0. The Morgan fingerprint density at radius 1 is 0.943 bits per heavy atom. The molecular formula is C28H36BrNO5. The summed E-state index contributed by atoms with van der Waals surface area (Å²) < 4.78 is 18.1. The normalized spacial score (nSPS) is 18.7. The minimum atomic E-state index is -0.366. The Kier molecular flexibility index (Phi) is 8.71. The first-order valence-corrected chi connectivity index (χ1v) is 13.7. The molecule has 0 atom stereocenters. The van der Waals surface area contributed by atoms with Crippen molar-refractivity contribution in [1.82, 2.24) is 4.90 Å². The van der Waals surface area contributed by atoms with Crippen LogP contribution in [0.5, 0.6) is 11.5 Å². The monoisotopic (exact) mass is 545 g/mol. The molecule has 1 aromatic carbocycles. The molecule has 35 heavy (non-hydrogen) atoms. The standard InChI is InChI=1S/C28H36BrNO5/c1-4-14-35-28-19(29)16-18(17-24(28)34-5-2)25-26-20(9-6-11-22(26)31)30(13-8-15-33-3)21-10-7-12-23(32)27(21)25/h16-17,25H,4-15H2,1-3H3. The molecule has 0 unspecified atom stereocenters. The van der Waals surface area contributed by atoms with E-state index >= 15 is 0 Å². The zero-order valence-electron chi connectivity index (χ0n) is 21.1. The van der Waals surface area contributed by atoms with Crippen LogP contribution in [0, 0.1) is 0 Å². The molecule has 0 saturated carbocycles. The first-order valence-electron chi connectivity index (χ1n) is 12.9. The molecule has 0 aromatic heterocycles. The van der Waals surface area contributed by atoms with E-state index in [0.717, 1.165) is 77.6 Å². The van der Waals surface area contributed by atoms with Gasteiger partial charge in [-0.25, -0.2) is 0 Å². The third-order valence-corrected chi connectivity index (χ3v) is 7.52. The number of halogens is 1. The molecule has 1 aliphatic heterocycles. The van der Waals surface area contributed by atoms with Crippen molar-refractivity contribution in [2.24, 2.45) is 0 Å². The van der Waals surface area contributed by atoms with Crippen molar-refractivity contribution in [3.63, 3.8) is 0 Å². The fraction of sp³-hybridized carbons (Fsp3) is 0.571. The topological polar surface area (TPSA) is 65.1 Å². The smallest absolute Gasteiger partial charge is 0.175 e. The third kappa shape index (κ3) is 5.21. The van der Waals surface area contributed by atoms with Crippen LogP contribution in [0.15, 0.2) is 39.1 Å². The number of ether oxygens (including phenoxy) is 3. The van der Waals surface area contributed by atoms with Gasteiger partial charge in [0.25, 0.3) is 0 Å². The predicted molar refractivity (Wildman–Crippen MR) is 139 cm³/mol. The zero-order chi connectivity index (χ0) is 24.9. The number of carbonyl (C=O) groups excluding carboxylic acids is 2. The van der Waals surface area contributed by atoms with Crippen LogP contribution in [0.25, 0.3) is 0 Å². The van der Waals surface area contributed by atoms with E-state index in [1.165, 1.54) is 0 Å². The molecule has 0 saturated heterocycles. The number of methoxy groups -OCH3 is 1. The third-order valence-electron chi connectivity index (χ3n) is 6.93. The van der Waals surface area contributed by atoms with Gasteiger partial charge < -0.3 is 19.1 Å². The highest BCUT2D eigenvalue weighted by molar-refractivity contribution is 9.10. The van der Waals surface area contributed by atoms with E-state index in [-0.39, 0.29) is 17.5 Å². The second-order valence-corrected chi connectivity index (χ2v) is 10.2. The van der Waals surface area contributed by atoms with E-state index in [9.17, 15) is 9.59 Å². The molecule has 0 fully saturated rings. The number of allylic oxidation sites excluding steroid dienone is 4. The summed E-state index contributed by atoms with van der Waals surface area (Å²) in [6.45, 7) is 6.50. The van der Waals surface area contributed by atoms with Gasteiger partial charge in [-0.05, 0) is 79.1 Å². The van der Waals surface area contributed by atoms with Crippen molar-refractivity contribution in [3.05, 3.63) is 44.7 Å². The van der Waals surface area contributed by atoms with Gasteiger partial charge in [0.1, 0.15) is 0 Å². The van der Waals surface area contributed by atoms with Crippen LogP contribution in [-0.4, -0.2) is 49.9 Å². The number of rotatable bonds is 10. The number of nitrogens with zero attached hydrogens (tertiary/aromatic N) is 1. The van der Waals surface area contributed by atoms with Crippen LogP contribution in [0.4, 0.5) is 0 Å². The average molecular weight is 547 g/mol. The number of Topliss-reactive ketones (excluding diaryl/α,β-unsaturated/α-hetero) is 2. The molecule has 0 radical (unpaired) electrons. The quantitative estimate of drug-likeness (QED) is 0.331. The van der Waals surface area contributed by atoms with Gasteiger partial charge in [-0.2, -0.15) is 0 Å². The summed E-state index contributed by atoms with van der Waals surface area (Å²) in [6.07, 6.45) is 6.18. The molecule has 0 amide bonds. The summed E-state index contributed by atoms with van der Waals surface area (Å²) in [6, 6.07) is 3.99. The Labute approximate surface area is 216 Å². The SMILES string of the molecule is CCCOc1c(Br)cc(C2C3=C(CCCC3=O)N(CCCOC)C3=C2C(=O)CCC3)cc1OCC. The van der Waals surface area contributed by atoms with Gasteiger partial charge in [0.15, 0.2) is 23.1 Å². The second-order valence-electron chi connectivity index (χ2n) is 9.32. The summed E-state index contributed by atoms with van der Waals surface area (Å²) >= 11 is 3.69. The van der Waals surface area contributed by atoms with Crippen molar-refractivity contribution >= 4 is 27.5 Å². The Bertz CT molecular complexity index is 1000. The van der Waals surface area contributed by atoms with Crippen LogP contribution in [0.3, 0.4) is 0 Å². The molecule has 0 N–H and O–H groups in total. The summed E-state index contributed by atoms with van der Waals surface area (Å²) in [5, 5.41) is 0. The molecule has 0 bridgehead atoms. The van der Waals surface area contributed by atoms with Gasteiger partial charge >= 0.3 is 0 Å². The largest absolute Gasteiger partial charge is 0.490 e. The van der Waals surface area contributed by atoms with Crippen molar-refractivity contribution in [2.75, 3.05) is 33.5 Å². The number of hydrogen-bond donors (Lipinski definition) is 0. The average Bonchev–Trinajstić information content (AvgIpc) is 2.84. The Morgan fingerprint density at radius 2 is 1.60 bits per heavy atom. The maximum atomic E-state index is 13.5. The van der Waals surface area contributed by atoms with E-state index in [1.807, 2.05) is 19.1 Å².